The zero-order chi connectivity index (χ0) is 14.9. The van der Waals surface area contributed by atoms with Crippen LogP contribution >= 0.6 is 0 Å². The Balaban J connectivity index is 2.26. The number of aromatic carboxylic acids is 1. The number of carboxylic acid groups (broad SMARTS) is 1. The Morgan fingerprint density at radius 3 is 2.70 bits per heavy atom. The molecule has 1 amide bonds. The van der Waals surface area contributed by atoms with Gasteiger partial charge < -0.3 is 20.1 Å². The summed E-state index contributed by atoms with van der Waals surface area (Å²) in [5.74, 6) is -3.39. The first kappa shape index (κ1) is 14.1. The quantitative estimate of drug-likeness (QED) is 0.503. The molecule has 1 aliphatic rings. The molecule has 0 saturated heterocycles. The van der Waals surface area contributed by atoms with Crippen LogP contribution in [-0.2, 0) is 16.0 Å². The fourth-order valence-corrected chi connectivity index (χ4v) is 1.99. The first-order chi connectivity index (χ1) is 9.40. The molecule has 1 aromatic carbocycles. The van der Waals surface area contributed by atoms with Gasteiger partial charge in [-0.2, -0.15) is 0 Å². The van der Waals surface area contributed by atoms with Crippen LogP contribution in [0.3, 0.4) is 0 Å². The molecular weight excluding hydrogens is 265 g/mol. The number of rotatable bonds is 3. The Hall–Kier alpha value is -2.35. The third kappa shape index (κ3) is 2.64. The van der Waals surface area contributed by atoms with E-state index in [0.717, 1.165) is 6.92 Å². The molecule has 0 radical (unpaired) electrons. The van der Waals surface area contributed by atoms with Gasteiger partial charge in [0.15, 0.2) is 0 Å². The molecule has 2 rings (SSSR count). The van der Waals surface area contributed by atoms with E-state index in [0.29, 0.717) is 5.56 Å². The molecule has 0 aromatic heterocycles. The summed E-state index contributed by atoms with van der Waals surface area (Å²) in [4.78, 5) is 33.3. The average Bonchev–Trinajstić information content (AvgIpc) is 2.38. The molecule has 104 valence electrons. The van der Waals surface area contributed by atoms with E-state index in [-0.39, 0.29) is 17.7 Å². The van der Waals surface area contributed by atoms with E-state index < -0.39 is 30.7 Å². The van der Waals surface area contributed by atoms with Gasteiger partial charge in [0.05, 0.1) is 11.5 Å². The molecule has 7 nitrogen and oxygen atoms in total. The Labute approximate surface area is 114 Å². The third-order valence-corrected chi connectivity index (χ3v) is 2.99. The number of carbonyl (C=O) groups excluding carboxylic acids is 2. The van der Waals surface area contributed by atoms with Crippen LogP contribution in [0.15, 0.2) is 18.2 Å². The molecule has 1 heterocycles. The molecule has 3 N–H and O–H groups in total. The monoisotopic (exact) mass is 277 g/mol. The molecule has 0 saturated carbocycles. The smallest absolute Gasteiger partial charge is 0.534 e. The van der Waals surface area contributed by atoms with Crippen LogP contribution in [-0.4, -0.2) is 40.8 Å². The standard InChI is InChI=1S/C12H12BNO6/c1-6(15)11(16)14-9-5-7-3-2-4-8(12(17)18)10(7)20-13(9)19/h2-4,9,19H,5H2,1H3,(H,14,16)(H,17,18). The minimum Gasteiger partial charge on any atom is -0.534 e. The van der Waals surface area contributed by atoms with Gasteiger partial charge in [0.25, 0.3) is 5.91 Å². The lowest BCUT2D eigenvalue weighted by atomic mass is 9.72. The number of nitrogens with one attached hydrogen (secondary N) is 1. The van der Waals surface area contributed by atoms with Crippen molar-refractivity contribution in [3.05, 3.63) is 29.3 Å². The molecular formula is C12H12BNO6. The van der Waals surface area contributed by atoms with Crippen LogP contribution < -0.4 is 9.97 Å². The number of fused-ring (bicyclic) bond motifs is 1. The van der Waals surface area contributed by atoms with Crippen molar-refractivity contribution in [2.75, 3.05) is 0 Å². The molecule has 1 aliphatic heterocycles. The van der Waals surface area contributed by atoms with Gasteiger partial charge in [0.1, 0.15) is 5.75 Å². The molecule has 1 aromatic rings. The van der Waals surface area contributed by atoms with Crippen LogP contribution in [0.2, 0.25) is 0 Å². The van der Waals surface area contributed by atoms with E-state index in [2.05, 4.69) is 5.32 Å². The number of carboxylic acids is 1. The van der Waals surface area contributed by atoms with Crippen molar-refractivity contribution >= 4 is 24.8 Å². The number of Topliss-reactive ketones (excluding diaryl/α,β-unsaturated/α-hetero) is 1. The van der Waals surface area contributed by atoms with Gasteiger partial charge in [-0.3, -0.25) is 9.59 Å². The highest BCUT2D eigenvalue weighted by Gasteiger charge is 2.38. The van der Waals surface area contributed by atoms with Crippen LogP contribution in [0.25, 0.3) is 0 Å². The second kappa shape index (κ2) is 5.34. The number of amides is 1. The fourth-order valence-electron chi connectivity index (χ4n) is 1.99. The van der Waals surface area contributed by atoms with Crippen molar-refractivity contribution < 1.29 is 29.2 Å². The summed E-state index contributed by atoms with van der Waals surface area (Å²) in [5, 5.41) is 21.2. The van der Waals surface area contributed by atoms with E-state index in [1.165, 1.54) is 6.07 Å². The SMILES string of the molecule is CC(=O)C(=O)NC1Cc2cccc(C(=O)O)c2OB1O. The van der Waals surface area contributed by atoms with E-state index in [9.17, 15) is 19.4 Å². The molecule has 0 bridgehead atoms. The predicted molar refractivity (Wildman–Crippen MR) is 68.3 cm³/mol. The van der Waals surface area contributed by atoms with Crippen molar-refractivity contribution in [2.24, 2.45) is 0 Å². The molecule has 8 heteroatoms. The number of benzene rings is 1. The zero-order valence-electron chi connectivity index (χ0n) is 10.6. The highest BCUT2D eigenvalue weighted by Crippen LogP contribution is 2.29. The summed E-state index contributed by atoms with van der Waals surface area (Å²) < 4.78 is 5.17. The van der Waals surface area contributed by atoms with Crippen molar-refractivity contribution in [3.8, 4) is 5.75 Å². The Bertz CT molecular complexity index is 587. The topological polar surface area (TPSA) is 113 Å². The van der Waals surface area contributed by atoms with Gasteiger partial charge >= 0.3 is 13.1 Å². The van der Waals surface area contributed by atoms with Gasteiger partial charge in [0.2, 0.25) is 5.78 Å². The van der Waals surface area contributed by atoms with Crippen LogP contribution in [0.5, 0.6) is 5.75 Å². The molecule has 0 spiro atoms. The lowest BCUT2D eigenvalue weighted by molar-refractivity contribution is -0.136. The maximum atomic E-state index is 11.3. The van der Waals surface area contributed by atoms with Gasteiger partial charge in [-0.15, -0.1) is 0 Å². The van der Waals surface area contributed by atoms with Crippen LogP contribution in [0.4, 0.5) is 0 Å². The van der Waals surface area contributed by atoms with Crippen molar-refractivity contribution in [1.29, 1.82) is 0 Å². The van der Waals surface area contributed by atoms with E-state index in [1.54, 1.807) is 12.1 Å². The molecule has 20 heavy (non-hydrogen) atoms. The van der Waals surface area contributed by atoms with E-state index >= 15 is 0 Å². The summed E-state index contributed by atoms with van der Waals surface area (Å²) in [6.45, 7) is 1.11. The highest BCUT2D eigenvalue weighted by molar-refractivity contribution is 6.48. The van der Waals surface area contributed by atoms with Crippen molar-refractivity contribution in [3.63, 3.8) is 0 Å². The second-order valence-electron chi connectivity index (χ2n) is 4.45. The summed E-state index contributed by atoms with van der Waals surface area (Å²) in [7, 11) is -1.41. The summed E-state index contributed by atoms with van der Waals surface area (Å²) in [6.07, 6.45) is 0.177. The van der Waals surface area contributed by atoms with Crippen molar-refractivity contribution in [2.45, 2.75) is 19.3 Å². The largest absolute Gasteiger partial charge is 0.547 e. The number of ketones is 1. The molecule has 0 fully saturated rings. The number of hydrogen-bond acceptors (Lipinski definition) is 5. The Morgan fingerprint density at radius 2 is 2.10 bits per heavy atom. The minimum atomic E-state index is -1.41. The maximum Gasteiger partial charge on any atom is 0.547 e. The zero-order valence-corrected chi connectivity index (χ0v) is 10.6. The van der Waals surface area contributed by atoms with Crippen LogP contribution in [0.1, 0.15) is 22.8 Å². The first-order valence-electron chi connectivity index (χ1n) is 5.91. The fraction of sp³-hybridized carbons (Fsp3) is 0.250. The second-order valence-corrected chi connectivity index (χ2v) is 4.45. The van der Waals surface area contributed by atoms with Crippen molar-refractivity contribution in [1.82, 2.24) is 5.32 Å². The van der Waals surface area contributed by atoms with E-state index in [4.69, 9.17) is 9.76 Å². The number of para-hydroxylation sites is 1. The normalized spacial score (nSPS) is 16.9. The summed E-state index contributed by atoms with van der Waals surface area (Å²) in [5.41, 5.74) is 0.488. The predicted octanol–water partition coefficient (Wildman–Crippen LogP) is -0.587. The highest BCUT2D eigenvalue weighted by atomic mass is 16.5. The van der Waals surface area contributed by atoms with Gasteiger partial charge in [-0.1, -0.05) is 12.1 Å². The van der Waals surface area contributed by atoms with Gasteiger partial charge in [-0.05, 0) is 18.1 Å². The minimum absolute atomic E-state index is 0.0575. The first-order valence-corrected chi connectivity index (χ1v) is 5.91. The lowest BCUT2D eigenvalue weighted by Gasteiger charge is -2.28. The molecule has 1 atom stereocenters. The Morgan fingerprint density at radius 1 is 1.40 bits per heavy atom. The number of carbonyl (C=O) groups is 3. The van der Waals surface area contributed by atoms with E-state index in [1.807, 2.05) is 0 Å². The van der Waals surface area contributed by atoms with Gasteiger partial charge in [-0.25, -0.2) is 4.79 Å². The summed E-state index contributed by atoms with van der Waals surface area (Å²) >= 11 is 0. The lowest BCUT2D eigenvalue weighted by Crippen LogP contribution is -2.54. The van der Waals surface area contributed by atoms with Crippen LogP contribution in [0, 0.1) is 0 Å². The molecule has 1 unspecified atom stereocenters. The average molecular weight is 277 g/mol. The Kier molecular flexibility index (Phi) is 3.76. The third-order valence-electron chi connectivity index (χ3n) is 2.99. The number of hydrogen-bond donors (Lipinski definition) is 3. The summed E-state index contributed by atoms with van der Waals surface area (Å²) in [6, 6.07) is 4.55. The molecule has 0 aliphatic carbocycles. The van der Waals surface area contributed by atoms with Gasteiger partial charge in [0, 0.05) is 6.92 Å². The maximum absolute atomic E-state index is 11.3.